The van der Waals surface area contributed by atoms with Crippen LogP contribution in [0.1, 0.15) is 13.0 Å². The molecule has 2 rings (SSSR count). The number of hydrogen-bond donors (Lipinski definition) is 2. The van der Waals surface area contributed by atoms with Crippen LogP contribution in [0.5, 0.6) is 0 Å². The first-order valence-corrected chi connectivity index (χ1v) is 6.78. The van der Waals surface area contributed by atoms with Crippen molar-refractivity contribution in [3.63, 3.8) is 0 Å². The van der Waals surface area contributed by atoms with Gasteiger partial charge in [0, 0.05) is 31.1 Å². The molecular formula is C15H20N4O2. The van der Waals surface area contributed by atoms with Gasteiger partial charge in [0.1, 0.15) is 6.04 Å². The molecule has 0 fully saturated rings. The first-order valence-electron chi connectivity index (χ1n) is 6.78. The minimum absolute atomic E-state index is 0.0843. The molecular weight excluding hydrogens is 268 g/mol. The lowest BCUT2D eigenvalue weighted by molar-refractivity contribution is -0.124. The molecule has 0 spiro atoms. The number of benzene rings is 1. The summed E-state index contributed by atoms with van der Waals surface area (Å²) < 4.78 is 6.55. The van der Waals surface area contributed by atoms with Crippen molar-refractivity contribution in [2.75, 3.05) is 26.0 Å². The van der Waals surface area contributed by atoms with Gasteiger partial charge in [-0.3, -0.25) is 9.48 Å². The maximum atomic E-state index is 12.0. The Morgan fingerprint density at radius 2 is 2.10 bits per heavy atom. The molecule has 0 aliphatic carbocycles. The van der Waals surface area contributed by atoms with Crippen molar-refractivity contribution in [3.05, 3.63) is 36.7 Å². The van der Waals surface area contributed by atoms with Gasteiger partial charge in [-0.15, -0.1) is 0 Å². The lowest BCUT2D eigenvalue weighted by Gasteiger charge is -2.12. The standard InChI is InChI=1S/C15H20N4O2/c1-11(15(20)17-7-8-21-2)19-10-13(9-18-19)12-3-5-14(16)6-4-12/h3-6,9-11H,7-8,16H2,1-2H3,(H,17,20). The summed E-state index contributed by atoms with van der Waals surface area (Å²) in [4.78, 5) is 12.0. The van der Waals surface area contributed by atoms with E-state index in [9.17, 15) is 4.79 Å². The van der Waals surface area contributed by atoms with Crippen LogP contribution in [0.4, 0.5) is 5.69 Å². The first-order chi connectivity index (χ1) is 10.1. The van der Waals surface area contributed by atoms with Gasteiger partial charge in [0.2, 0.25) is 5.91 Å². The van der Waals surface area contributed by atoms with E-state index in [2.05, 4.69) is 10.4 Å². The summed E-state index contributed by atoms with van der Waals surface area (Å²) in [6.07, 6.45) is 3.59. The topological polar surface area (TPSA) is 82.2 Å². The largest absolute Gasteiger partial charge is 0.399 e. The Bertz CT molecular complexity index is 592. The molecule has 112 valence electrons. The average molecular weight is 288 g/mol. The molecule has 3 N–H and O–H groups in total. The Labute approximate surface area is 123 Å². The average Bonchev–Trinajstić information content (AvgIpc) is 2.97. The summed E-state index contributed by atoms with van der Waals surface area (Å²) >= 11 is 0. The van der Waals surface area contributed by atoms with Crippen molar-refractivity contribution in [3.8, 4) is 11.1 Å². The van der Waals surface area contributed by atoms with E-state index in [1.54, 1.807) is 18.0 Å². The fraction of sp³-hybridized carbons (Fsp3) is 0.333. The molecule has 2 aromatic rings. The molecule has 21 heavy (non-hydrogen) atoms. The van der Waals surface area contributed by atoms with Crippen LogP contribution < -0.4 is 11.1 Å². The summed E-state index contributed by atoms with van der Waals surface area (Å²) in [5, 5.41) is 7.05. The number of nitrogen functional groups attached to an aromatic ring is 1. The van der Waals surface area contributed by atoms with Gasteiger partial charge in [-0.2, -0.15) is 5.10 Å². The maximum absolute atomic E-state index is 12.0. The van der Waals surface area contributed by atoms with Crippen LogP contribution in [0.15, 0.2) is 36.7 Å². The van der Waals surface area contributed by atoms with Crippen LogP contribution in [0.2, 0.25) is 0 Å². The zero-order chi connectivity index (χ0) is 15.2. The van der Waals surface area contributed by atoms with Crippen molar-refractivity contribution in [1.82, 2.24) is 15.1 Å². The van der Waals surface area contributed by atoms with Gasteiger partial charge in [0.15, 0.2) is 0 Å². The molecule has 0 aliphatic rings. The van der Waals surface area contributed by atoms with Crippen LogP contribution >= 0.6 is 0 Å². The number of nitrogens with two attached hydrogens (primary N) is 1. The van der Waals surface area contributed by atoms with E-state index >= 15 is 0 Å². The van der Waals surface area contributed by atoms with Crippen LogP contribution in [0.25, 0.3) is 11.1 Å². The van der Waals surface area contributed by atoms with Crippen molar-refractivity contribution < 1.29 is 9.53 Å². The van der Waals surface area contributed by atoms with Crippen molar-refractivity contribution in [1.29, 1.82) is 0 Å². The number of nitrogens with zero attached hydrogens (tertiary/aromatic N) is 2. The Balaban J connectivity index is 2.05. The molecule has 0 bridgehead atoms. The number of amides is 1. The van der Waals surface area contributed by atoms with Crippen molar-refractivity contribution in [2.24, 2.45) is 0 Å². The van der Waals surface area contributed by atoms with E-state index in [4.69, 9.17) is 10.5 Å². The highest BCUT2D eigenvalue weighted by molar-refractivity contribution is 5.80. The second-order valence-corrected chi connectivity index (χ2v) is 4.79. The minimum Gasteiger partial charge on any atom is -0.399 e. The van der Waals surface area contributed by atoms with Gasteiger partial charge in [0.25, 0.3) is 0 Å². The Kier molecular flexibility index (Phi) is 4.94. The lowest BCUT2D eigenvalue weighted by atomic mass is 10.1. The van der Waals surface area contributed by atoms with Gasteiger partial charge in [-0.05, 0) is 24.6 Å². The predicted octanol–water partition coefficient (Wildman–Crippen LogP) is 1.46. The monoisotopic (exact) mass is 288 g/mol. The third-order valence-electron chi connectivity index (χ3n) is 3.23. The molecule has 1 heterocycles. The lowest BCUT2D eigenvalue weighted by Crippen LogP contribution is -2.33. The number of carbonyl (C=O) groups is 1. The fourth-order valence-corrected chi connectivity index (χ4v) is 1.92. The number of nitrogens with one attached hydrogen (secondary N) is 1. The molecule has 1 aromatic heterocycles. The third-order valence-corrected chi connectivity index (χ3v) is 3.23. The number of carbonyl (C=O) groups excluding carboxylic acids is 1. The van der Waals surface area contributed by atoms with Crippen LogP contribution in [0.3, 0.4) is 0 Å². The Morgan fingerprint density at radius 1 is 1.38 bits per heavy atom. The van der Waals surface area contributed by atoms with Gasteiger partial charge >= 0.3 is 0 Å². The predicted molar refractivity (Wildman–Crippen MR) is 81.7 cm³/mol. The molecule has 6 nitrogen and oxygen atoms in total. The third kappa shape index (κ3) is 3.82. The molecule has 0 saturated carbocycles. The van der Waals surface area contributed by atoms with Crippen LogP contribution in [-0.2, 0) is 9.53 Å². The summed E-state index contributed by atoms with van der Waals surface area (Å²) in [6, 6.07) is 7.17. The smallest absolute Gasteiger partial charge is 0.244 e. The number of rotatable bonds is 6. The SMILES string of the molecule is COCCNC(=O)C(C)n1cc(-c2ccc(N)cc2)cn1. The summed E-state index contributed by atoms with van der Waals surface area (Å²) in [7, 11) is 1.60. The Hall–Kier alpha value is -2.34. The van der Waals surface area contributed by atoms with Crippen molar-refractivity contribution >= 4 is 11.6 Å². The van der Waals surface area contributed by atoms with E-state index in [1.165, 1.54) is 0 Å². The van der Waals surface area contributed by atoms with Crippen molar-refractivity contribution in [2.45, 2.75) is 13.0 Å². The minimum atomic E-state index is -0.371. The van der Waals surface area contributed by atoms with Gasteiger partial charge in [0.05, 0.1) is 12.8 Å². The molecule has 1 unspecified atom stereocenters. The van der Waals surface area contributed by atoms with E-state index in [0.717, 1.165) is 16.8 Å². The van der Waals surface area contributed by atoms with E-state index in [1.807, 2.05) is 37.4 Å². The quantitative estimate of drug-likeness (QED) is 0.622. The molecule has 0 aliphatic heterocycles. The number of anilines is 1. The van der Waals surface area contributed by atoms with Gasteiger partial charge in [-0.1, -0.05) is 12.1 Å². The fourth-order valence-electron chi connectivity index (χ4n) is 1.92. The number of aromatic nitrogens is 2. The first kappa shape index (κ1) is 15.1. The summed E-state index contributed by atoms with van der Waals surface area (Å²) in [6.45, 7) is 2.79. The molecule has 1 atom stereocenters. The highest BCUT2D eigenvalue weighted by Gasteiger charge is 2.15. The zero-order valence-electron chi connectivity index (χ0n) is 12.2. The highest BCUT2D eigenvalue weighted by Crippen LogP contribution is 2.21. The number of ether oxygens (including phenoxy) is 1. The zero-order valence-corrected chi connectivity index (χ0v) is 12.2. The molecule has 1 aromatic carbocycles. The van der Waals surface area contributed by atoms with E-state index < -0.39 is 0 Å². The summed E-state index contributed by atoms with van der Waals surface area (Å²) in [5.41, 5.74) is 8.36. The second kappa shape index (κ2) is 6.90. The maximum Gasteiger partial charge on any atom is 0.244 e. The normalized spacial score (nSPS) is 12.1. The molecule has 0 saturated heterocycles. The van der Waals surface area contributed by atoms with Crippen LogP contribution in [0, 0.1) is 0 Å². The van der Waals surface area contributed by atoms with Gasteiger partial charge in [-0.25, -0.2) is 0 Å². The second-order valence-electron chi connectivity index (χ2n) is 4.79. The highest BCUT2D eigenvalue weighted by atomic mass is 16.5. The van der Waals surface area contributed by atoms with E-state index in [0.29, 0.717) is 13.2 Å². The number of hydrogen-bond acceptors (Lipinski definition) is 4. The molecule has 0 radical (unpaired) electrons. The summed E-state index contributed by atoms with van der Waals surface area (Å²) in [5.74, 6) is -0.0843. The van der Waals surface area contributed by atoms with Crippen LogP contribution in [-0.4, -0.2) is 35.9 Å². The molecule has 1 amide bonds. The number of methoxy groups -OCH3 is 1. The van der Waals surface area contributed by atoms with E-state index in [-0.39, 0.29) is 11.9 Å². The Morgan fingerprint density at radius 3 is 2.76 bits per heavy atom. The van der Waals surface area contributed by atoms with Gasteiger partial charge < -0.3 is 15.8 Å². The molecule has 6 heteroatoms.